The molecule has 0 aromatic heterocycles. The molecule has 3 N–H and O–H groups in total. The maximum absolute atomic E-state index is 10.1. The van der Waals surface area contributed by atoms with Crippen molar-refractivity contribution in [1.29, 1.82) is 0 Å². The van der Waals surface area contributed by atoms with Crippen LogP contribution < -0.4 is 9.80 Å². The lowest BCUT2D eigenvalue weighted by atomic mass is 10.2. The molecule has 0 unspecified atom stereocenters. The smallest absolute Gasteiger partial charge is 0.127 e. The maximum atomic E-state index is 10.1. The largest absolute Gasteiger partial charge is 0.385 e. The SMILES string of the molecule is CC(C)(C)OC[C@H](O)C[NH+]1CC[NH+](Cc2ccc(Cl)cc2)CC1. The van der Waals surface area contributed by atoms with E-state index in [1.165, 1.54) is 10.5 Å². The number of hydrogen-bond acceptors (Lipinski definition) is 2. The van der Waals surface area contributed by atoms with E-state index >= 15 is 0 Å². The molecule has 5 heteroatoms. The molecule has 1 aliphatic heterocycles. The van der Waals surface area contributed by atoms with E-state index in [-0.39, 0.29) is 11.7 Å². The molecule has 130 valence electrons. The van der Waals surface area contributed by atoms with Gasteiger partial charge < -0.3 is 19.6 Å². The van der Waals surface area contributed by atoms with E-state index in [1.54, 1.807) is 4.90 Å². The number of ether oxygens (including phenoxy) is 1. The van der Waals surface area contributed by atoms with E-state index in [0.717, 1.165) is 44.3 Å². The number of quaternary nitrogens is 2. The highest BCUT2D eigenvalue weighted by atomic mass is 35.5. The molecule has 4 nitrogen and oxygen atoms in total. The summed E-state index contributed by atoms with van der Waals surface area (Å²) in [4.78, 5) is 3.09. The van der Waals surface area contributed by atoms with Gasteiger partial charge in [-0.15, -0.1) is 0 Å². The van der Waals surface area contributed by atoms with Crippen LogP contribution in [0.15, 0.2) is 24.3 Å². The van der Waals surface area contributed by atoms with Crippen LogP contribution in [0.4, 0.5) is 0 Å². The Hall–Kier alpha value is -0.650. The minimum Gasteiger partial charge on any atom is -0.385 e. The second-order valence-corrected chi connectivity index (χ2v) is 8.02. The predicted octanol–water partition coefficient (Wildman–Crippen LogP) is -0.201. The summed E-state index contributed by atoms with van der Waals surface area (Å²) in [6, 6.07) is 8.15. The van der Waals surface area contributed by atoms with Gasteiger partial charge in [-0.2, -0.15) is 0 Å². The van der Waals surface area contributed by atoms with Crippen LogP contribution in [0.5, 0.6) is 0 Å². The van der Waals surface area contributed by atoms with Crippen molar-refractivity contribution in [1.82, 2.24) is 0 Å². The lowest BCUT2D eigenvalue weighted by molar-refractivity contribution is -1.02. The fourth-order valence-electron chi connectivity index (χ4n) is 2.97. The van der Waals surface area contributed by atoms with Gasteiger partial charge in [0.15, 0.2) is 0 Å². The molecule has 1 heterocycles. The monoisotopic (exact) mass is 342 g/mol. The summed E-state index contributed by atoms with van der Waals surface area (Å²) in [5.74, 6) is 0. The quantitative estimate of drug-likeness (QED) is 0.670. The molecule has 23 heavy (non-hydrogen) atoms. The van der Waals surface area contributed by atoms with Crippen molar-refractivity contribution in [3.63, 3.8) is 0 Å². The van der Waals surface area contributed by atoms with E-state index in [2.05, 4.69) is 12.1 Å². The van der Waals surface area contributed by atoms with Crippen LogP contribution >= 0.6 is 11.6 Å². The first-order valence-electron chi connectivity index (χ1n) is 8.55. The van der Waals surface area contributed by atoms with Gasteiger partial charge in [-0.3, -0.25) is 0 Å². The third kappa shape index (κ3) is 7.19. The lowest BCUT2D eigenvalue weighted by Crippen LogP contribution is -3.28. The zero-order valence-corrected chi connectivity index (χ0v) is 15.3. The zero-order chi connectivity index (χ0) is 16.9. The standard InChI is InChI=1S/C18H29ClN2O2/c1-18(2,3)23-14-17(22)13-21-10-8-20(9-11-21)12-15-4-6-16(19)7-5-15/h4-7,17,22H,8-14H2,1-3H3/p+2/t17-/m1/s1. The number of aliphatic hydroxyl groups excluding tert-OH is 1. The Kier molecular flexibility index (Phi) is 6.86. The minimum absolute atomic E-state index is 0.183. The number of aliphatic hydroxyl groups is 1. The second-order valence-electron chi connectivity index (χ2n) is 7.58. The van der Waals surface area contributed by atoms with Crippen molar-refractivity contribution in [2.45, 2.75) is 39.0 Å². The van der Waals surface area contributed by atoms with E-state index < -0.39 is 0 Å². The summed E-state index contributed by atoms with van der Waals surface area (Å²) in [6.45, 7) is 12.8. The highest BCUT2D eigenvalue weighted by Gasteiger charge is 2.25. The molecule has 0 spiro atoms. The summed E-state index contributed by atoms with van der Waals surface area (Å²) in [6.07, 6.45) is -0.373. The zero-order valence-electron chi connectivity index (χ0n) is 14.6. The molecular weight excluding hydrogens is 312 g/mol. The second kappa shape index (κ2) is 8.45. The Morgan fingerprint density at radius 3 is 2.22 bits per heavy atom. The van der Waals surface area contributed by atoms with E-state index in [0.29, 0.717) is 6.61 Å². The first-order chi connectivity index (χ1) is 10.8. The molecule has 1 aromatic rings. The fourth-order valence-corrected chi connectivity index (χ4v) is 3.09. The molecule has 0 aliphatic carbocycles. The average molecular weight is 343 g/mol. The molecule has 0 amide bonds. The Balaban J connectivity index is 1.68. The third-order valence-corrected chi connectivity index (χ3v) is 4.52. The van der Waals surface area contributed by atoms with Crippen molar-refractivity contribution in [3.05, 3.63) is 34.9 Å². The van der Waals surface area contributed by atoms with Crippen LogP contribution in [0.2, 0.25) is 5.02 Å². The predicted molar refractivity (Wildman–Crippen MR) is 93.1 cm³/mol. The van der Waals surface area contributed by atoms with Gasteiger partial charge in [-0.05, 0) is 32.9 Å². The number of halogens is 1. The Morgan fingerprint density at radius 2 is 1.65 bits per heavy atom. The van der Waals surface area contributed by atoms with Gasteiger partial charge in [0.25, 0.3) is 0 Å². The van der Waals surface area contributed by atoms with E-state index in [9.17, 15) is 5.11 Å². The minimum atomic E-state index is -0.373. The third-order valence-electron chi connectivity index (χ3n) is 4.26. The van der Waals surface area contributed by atoms with Gasteiger partial charge >= 0.3 is 0 Å². The lowest BCUT2D eigenvalue weighted by Gasteiger charge is -2.31. The molecule has 0 radical (unpaired) electrons. The summed E-state index contributed by atoms with van der Waals surface area (Å²) < 4.78 is 5.66. The molecule has 0 saturated carbocycles. The molecular formula is C18H31ClN2O2+2. The molecule has 0 bridgehead atoms. The Bertz CT molecular complexity index is 465. The molecule has 2 rings (SSSR count). The summed E-state index contributed by atoms with van der Waals surface area (Å²) in [5.41, 5.74) is 1.16. The molecule has 1 saturated heterocycles. The average Bonchev–Trinajstić information content (AvgIpc) is 2.49. The van der Waals surface area contributed by atoms with Crippen LogP contribution in [-0.2, 0) is 11.3 Å². The van der Waals surface area contributed by atoms with Gasteiger partial charge in [0.05, 0.1) is 12.2 Å². The first kappa shape index (κ1) is 18.7. The first-order valence-corrected chi connectivity index (χ1v) is 8.93. The number of nitrogens with one attached hydrogen (secondary N) is 2. The highest BCUT2D eigenvalue weighted by Crippen LogP contribution is 2.08. The van der Waals surface area contributed by atoms with E-state index in [4.69, 9.17) is 16.3 Å². The van der Waals surface area contributed by atoms with Crippen LogP contribution in [0.25, 0.3) is 0 Å². The number of benzene rings is 1. The van der Waals surface area contributed by atoms with Gasteiger partial charge in [0.1, 0.15) is 45.4 Å². The number of piperazine rings is 1. The molecule has 1 aliphatic rings. The van der Waals surface area contributed by atoms with Crippen LogP contribution in [0.1, 0.15) is 26.3 Å². The van der Waals surface area contributed by atoms with Crippen molar-refractivity contribution in [2.24, 2.45) is 0 Å². The van der Waals surface area contributed by atoms with Crippen molar-refractivity contribution < 1.29 is 19.6 Å². The summed E-state index contributed by atoms with van der Waals surface area (Å²) >= 11 is 5.93. The number of hydrogen-bond donors (Lipinski definition) is 3. The Labute approximate surface area is 145 Å². The van der Waals surface area contributed by atoms with Crippen LogP contribution in [0, 0.1) is 0 Å². The Morgan fingerprint density at radius 1 is 1.09 bits per heavy atom. The normalized spacial score (nSPS) is 23.7. The topological polar surface area (TPSA) is 38.3 Å². The van der Waals surface area contributed by atoms with Gasteiger partial charge in [0.2, 0.25) is 0 Å². The summed E-state index contributed by atoms with van der Waals surface area (Å²) in [7, 11) is 0. The van der Waals surface area contributed by atoms with Gasteiger partial charge in [-0.25, -0.2) is 0 Å². The maximum Gasteiger partial charge on any atom is 0.127 e. The van der Waals surface area contributed by atoms with Gasteiger partial charge in [0, 0.05) is 10.6 Å². The molecule has 1 atom stereocenters. The van der Waals surface area contributed by atoms with Crippen molar-refractivity contribution in [2.75, 3.05) is 39.3 Å². The number of rotatable bonds is 6. The van der Waals surface area contributed by atoms with Crippen molar-refractivity contribution >= 4 is 11.6 Å². The summed E-state index contributed by atoms with van der Waals surface area (Å²) in [5, 5.41) is 10.9. The van der Waals surface area contributed by atoms with E-state index in [1.807, 2.05) is 32.9 Å². The molecule has 1 fully saturated rings. The van der Waals surface area contributed by atoms with Crippen molar-refractivity contribution in [3.8, 4) is 0 Å². The molecule has 1 aromatic carbocycles. The van der Waals surface area contributed by atoms with Crippen LogP contribution in [0.3, 0.4) is 0 Å². The fraction of sp³-hybridized carbons (Fsp3) is 0.667. The highest BCUT2D eigenvalue weighted by molar-refractivity contribution is 6.30. The van der Waals surface area contributed by atoms with Crippen LogP contribution in [-0.4, -0.2) is 56.1 Å². The van der Waals surface area contributed by atoms with Gasteiger partial charge in [-0.1, -0.05) is 23.7 Å².